The largest absolute Gasteiger partial charge is 0.399 e. The van der Waals surface area contributed by atoms with Crippen LogP contribution in [0.2, 0.25) is 0 Å². The van der Waals surface area contributed by atoms with E-state index in [0.717, 1.165) is 22.0 Å². The molecule has 0 saturated heterocycles. The average molecular weight is 280 g/mol. The van der Waals surface area contributed by atoms with Gasteiger partial charge in [-0.3, -0.25) is 0 Å². The van der Waals surface area contributed by atoms with Crippen molar-refractivity contribution < 1.29 is 0 Å². The molecule has 0 spiro atoms. The summed E-state index contributed by atoms with van der Waals surface area (Å²) in [5.74, 6) is 0. The van der Waals surface area contributed by atoms with Crippen LogP contribution in [-0.4, -0.2) is 4.98 Å². The van der Waals surface area contributed by atoms with Crippen molar-refractivity contribution >= 4 is 17.0 Å². The predicted molar refractivity (Wildman–Crippen MR) is 86.9 cm³/mol. The number of thiazole rings is 1. The van der Waals surface area contributed by atoms with Crippen LogP contribution < -0.4 is 5.73 Å². The molecule has 0 amide bonds. The summed E-state index contributed by atoms with van der Waals surface area (Å²) in [7, 11) is 0. The second kappa shape index (κ2) is 5.10. The minimum atomic E-state index is 0.769. The molecule has 3 rings (SSSR count). The number of nitrogens with zero attached hydrogens (tertiary/aromatic N) is 1. The lowest BCUT2D eigenvalue weighted by molar-refractivity contribution is 1.34. The van der Waals surface area contributed by atoms with Gasteiger partial charge in [0, 0.05) is 22.2 Å². The molecule has 2 nitrogen and oxygen atoms in total. The lowest BCUT2D eigenvalue weighted by Gasteiger charge is -2.04. The first-order valence-electron chi connectivity index (χ1n) is 6.52. The summed E-state index contributed by atoms with van der Waals surface area (Å²) in [6.07, 6.45) is 0. The third-order valence-electron chi connectivity index (χ3n) is 3.31. The Bertz CT molecular complexity index is 759. The Morgan fingerprint density at radius 3 is 2.70 bits per heavy atom. The number of aryl methyl sites for hydroxylation is 2. The number of aromatic nitrogens is 1. The van der Waals surface area contributed by atoms with Gasteiger partial charge in [-0.25, -0.2) is 4.98 Å². The molecule has 0 unspecified atom stereocenters. The molecule has 2 aromatic carbocycles. The van der Waals surface area contributed by atoms with Crippen LogP contribution in [0.1, 0.15) is 11.1 Å². The molecular formula is C17H16N2S. The molecule has 0 aliphatic heterocycles. The summed E-state index contributed by atoms with van der Waals surface area (Å²) in [6, 6.07) is 14.3. The summed E-state index contributed by atoms with van der Waals surface area (Å²) in [4.78, 5) is 4.76. The Morgan fingerprint density at radius 2 is 1.90 bits per heavy atom. The second-order valence-corrected chi connectivity index (χ2v) is 5.84. The van der Waals surface area contributed by atoms with Crippen LogP contribution in [0.25, 0.3) is 21.8 Å². The molecule has 3 aromatic rings. The fourth-order valence-electron chi connectivity index (χ4n) is 2.21. The number of anilines is 1. The SMILES string of the molecule is Cc1ccc(C)c(-c2csc(-c3cccc(N)c3)n2)c1. The third kappa shape index (κ3) is 2.45. The highest BCUT2D eigenvalue weighted by molar-refractivity contribution is 7.13. The topological polar surface area (TPSA) is 38.9 Å². The molecule has 0 aliphatic carbocycles. The maximum atomic E-state index is 5.83. The molecule has 1 heterocycles. The summed E-state index contributed by atoms with van der Waals surface area (Å²) in [5.41, 5.74) is 12.4. The number of hydrogen-bond donors (Lipinski definition) is 1. The van der Waals surface area contributed by atoms with Crippen LogP contribution in [0.3, 0.4) is 0 Å². The van der Waals surface area contributed by atoms with Crippen LogP contribution in [0.15, 0.2) is 47.8 Å². The Labute approximate surface area is 122 Å². The van der Waals surface area contributed by atoms with E-state index in [4.69, 9.17) is 10.7 Å². The molecule has 100 valence electrons. The molecule has 3 heteroatoms. The molecule has 2 N–H and O–H groups in total. The lowest BCUT2D eigenvalue weighted by Crippen LogP contribution is -1.86. The van der Waals surface area contributed by atoms with Gasteiger partial charge in [-0.2, -0.15) is 0 Å². The van der Waals surface area contributed by atoms with E-state index in [0.29, 0.717) is 0 Å². The highest BCUT2D eigenvalue weighted by Gasteiger charge is 2.09. The minimum absolute atomic E-state index is 0.769. The highest BCUT2D eigenvalue weighted by Crippen LogP contribution is 2.31. The zero-order chi connectivity index (χ0) is 14.1. The fourth-order valence-corrected chi connectivity index (χ4v) is 3.03. The number of nitrogen functional groups attached to an aromatic ring is 1. The second-order valence-electron chi connectivity index (χ2n) is 4.98. The van der Waals surface area contributed by atoms with Crippen LogP contribution in [0.5, 0.6) is 0 Å². The van der Waals surface area contributed by atoms with E-state index in [9.17, 15) is 0 Å². The summed E-state index contributed by atoms with van der Waals surface area (Å²) < 4.78 is 0. The van der Waals surface area contributed by atoms with E-state index >= 15 is 0 Å². The maximum Gasteiger partial charge on any atom is 0.124 e. The quantitative estimate of drug-likeness (QED) is 0.692. The van der Waals surface area contributed by atoms with Gasteiger partial charge >= 0.3 is 0 Å². The van der Waals surface area contributed by atoms with Gasteiger partial charge in [0.05, 0.1) is 5.69 Å². The van der Waals surface area contributed by atoms with E-state index < -0.39 is 0 Å². The highest BCUT2D eigenvalue weighted by atomic mass is 32.1. The van der Waals surface area contributed by atoms with E-state index in [-0.39, 0.29) is 0 Å². The van der Waals surface area contributed by atoms with E-state index in [2.05, 4.69) is 37.4 Å². The van der Waals surface area contributed by atoms with Crippen LogP contribution >= 0.6 is 11.3 Å². The summed E-state index contributed by atoms with van der Waals surface area (Å²) >= 11 is 1.65. The predicted octanol–water partition coefficient (Wildman–Crippen LogP) is 4.68. The lowest BCUT2D eigenvalue weighted by atomic mass is 10.0. The van der Waals surface area contributed by atoms with Gasteiger partial charge < -0.3 is 5.73 Å². The van der Waals surface area contributed by atoms with Crippen LogP contribution in [-0.2, 0) is 0 Å². The molecule has 0 bridgehead atoms. The first-order valence-corrected chi connectivity index (χ1v) is 7.40. The van der Waals surface area contributed by atoms with E-state index in [1.165, 1.54) is 16.7 Å². The third-order valence-corrected chi connectivity index (χ3v) is 4.20. The van der Waals surface area contributed by atoms with Gasteiger partial charge in [0.25, 0.3) is 0 Å². The normalized spacial score (nSPS) is 10.7. The average Bonchev–Trinajstić information content (AvgIpc) is 2.91. The van der Waals surface area contributed by atoms with Crippen molar-refractivity contribution in [2.75, 3.05) is 5.73 Å². The Morgan fingerprint density at radius 1 is 1.05 bits per heavy atom. The van der Waals surface area contributed by atoms with Gasteiger partial charge in [-0.1, -0.05) is 29.8 Å². The van der Waals surface area contributed by atoms with Gasteiger partial charge in [0.1, 0.15) is 5.01 Å². The van der Waals surface area contributed by atoms with Gasteiger partial charge in [-0.05, 0) is 37.6 Å². The van der Waals surface area contributed by atoms with Crippen molar-refractivity contribution in [3.63, 3.8) is 0 Å². The monoisotopic (exact) mass is 280 g/mol. The van der Waals surface area contributed by atoms with Crippen molar-refractivity contribution in [2.24, 2.45) is 0 Å². The summed E-state index contributed by atoms with van der Waals surface area (Å²) in [5, 5.41) is 3.12. The zero-order valence-corrected chi connectivity index (χ0v) is 12.4. The van der Waals surface area contributed by atoms with Crippen molar-refractivity contribution in [3.8, 4) is 21.8 Å². The van der Waals surface area contributed by atoms with Crippen molar-refractivity contribution in [1.82, 2.24) is 4.98 Å². The molecule has 0 saturated carbocycles. The molecule has 0 radical (unpaired) electrons. The van der Waals surface area contributed by atoms with Crippen molar-refractivity contribution in [2.45, 2.75) is 13.8 Å². The minimum Gasteiger partial charge on any atom is -0.399 e. The van der Waals surface area contributed by atoms with Gasteiger partial charge in [0.2, 0.25) is 0 Å². The fraction of sp³-hybridized carbons (Fsp3) is 0.118. The van der Waals surface area contributed by atoms with E-state index in [1.54, 1.807) is 11.3 Å². The standard InChI is InChI=1S/C17H16N2S/c1-11-6-7-12(2)15(8-11)16-10-20-17(19-16)13-4-3-5-14(18)9-13/h3-10H,18H2,1-2H3. The van der Waals surface area contributed by atoms with Gasteiger partial charge in [-0.15, -0.1) is 11.3 Å². The Hall–Kier alpha value is -2.13. The number of nitrogens with two attached hydrogens (primary N) is 1. The molecule has 0 aliphatic rings. The number of rotatable bonds is 2. The number of hydrogen-bond acceptors (Lipinski definition) is 3. The van der Waals surface area contributed by atoms with Crippen LogP contribution in [0.4, 0.5) is 5.69 Å². The smallest absolute Gasteiger partial charge is 0.124 e. The van der Waals surface area contributed by atoms with Crippen molar-refractivity contribution in [1.29, 1.82) is 0 Å². The molecule has 1 aromatic heterocycles. The maximum absolute atomic E-state index is 5.83. The zero-order valence-electron chi connectivity index (χ0n) is 11.6. The van der Waals surface area contributed by atoms with Crippen LogP contribution in [0, 0.1) is 13.8 Å². The Balaban J connectivity index is 2.04. The first kappa shape index (κ1) is 12.9. The first-order chi connectivity index (χ1) is 9.63. The molecule has 20 heavy (non-hydrogen) atoms. The molecule has 0 fully saturated rings. The molecular weight excluding hydrogens is 264 g/mol. The number of benzene rings is 2. The van der Waals surface area contributed by atoms with Gasteiger partial charge in [0.15, 0.2) is 0 Å². The Kier molecular flexibility index (Phi) is 3.28. The van der Waals surface area contributed by atoms with Crippen molar-refractivity contribution in [3.05, 3.63) is 59.0 Å². The molecule has 0 atom stereocenters. The summed E-state index contributed by atoms with van der Waals surface area (Å²) in [6.45, 7) is 4.22. The van der Waals surface area contributed by atoms with E-state index in [1.807, 2.05) is 24.3 Å².